The molecule has 0 atom stereocenters. The minimum absolute atomic E-state index is 0.0727. The summed E-state index contributed by atoms with van der Waals surface area (Å²) in [7, 11) is 0. The minimum Gasteiger partial charge on any atom is -0.378 e. The number of fused-ring (bicyclic) bond motifs is 1. The van der Waals surface area contributed by atoms with Crippen molar-refractivity contribution in [3.05, 3.63) is 59.4 Å². The zero-order valence-corrected chi connectivity index (χ0v) is 16.7. The Bertz CT molecular complexity index is 980. The van der Waals surface area contributed by atoms with Gasteiger partial charge in [-0.1, -0.05) is 45.0 Å². The van der Waals surface area contributed by atoms with E-state index < -0.39 is 0 Å². The van der Waals surface area contributed by atoms with Crippen LogP contribution in [-0.2, 0) is 16.6 Å². The summed E-state index contributed by atoms with van der Waals surface area (Å²) in [5.41, 5.74) is 3.53. The van der Waals surface area contributed by atoms with Gasteiger partial charge in [0.1, 0.15) is 5.82 Å². The number of benzene rings is 1. The Labute approximate surface area is 165 Å². The van der Waals surface area contributed by atoms with Crippen LogP contribution in [0.3, 0.4) is 0 Å². The van der Waals surface area contributed by atoms with Crippen LogP contribution in [-0.4, -0.2) is 46.7 Å². The Morgan fingerprint density at radius 2 is 1.82 bits per heavy atom. The summed E-state index contributed by atoms with van der Waals surface area (Å²) in [6.07, 6.45) is 2.01. The number of anilines is 1. The number of Topliss-reactive ketones (excluding diaryl/α,β-unsaturated/α-hetero) is 1. The van der Waals surface area contributed by atoms with Crippen molar-refractivity contribution in [2.45, 2.75) is 32.6 Å². The van der Waals surface area contributed by atoms with E-state index in [1.54, 1.807) is 6.20 Å². The second-order valence-electron chi connectivity index (χ2n) is 8.23. The molecule has 28 heavy (non-hydrogen) atoms. The van der Waals surface area contributed by atoms with Gasteiger partial charge in [-0.3, -0.25) is 4.79 Å². The maximum atomic E-state index is 12.8. The third-order valence-corrected chi connectivity index (χ3v) is 5.14. The van der Waals surface area contributed by atoms with Gasteiger partial charge in [0.15, 0.2) is 11.4 Å². The van der Waals surface area contributed by atoms with E-state index >= 15 is 0 Å². The SMILES string of the molecule is CC(C)(C)c1ccc(C(=O)Cc2cc(N3CCOCC3)n3nccc3n2)cc1. The molecule has 0 spiro atoms. The number of ether oxygens (including phenoxy) is 1. The number of hydrogen-bond donors (Lipinski definition) is 0. The van der Waals surface area contributed by atoms with Gasteiger partial charge in [-0.25, -0.2) is 4.98 Å². The van der Waals surface area contributed by atoms with Crippen molar-refractivity contribution >= 4 is 17.2 Å². The van der Waals surface area contributed by atoms with Crippen LogP contribution < -0.4 is 4.90 Å². The van der Waals surface area contributed by atoms with E-state index in [9.17, 15) is 4.79 Å². The predicted octanol–water partition coefficient (Wildman–Crippen LogP) is 3.29. The van der Waals surface area contributed by atoms with E-state index in [0.29, 0.717) is 13.2 Å². The molecule has 0 radical (unpaired) electrons. The van der Waals surface area contributed by atoms with Crippen LogP contribution in [0.2, 0.25) is 0 Å². The molecule has 1 aliphatic heterocycles. The molecule has 146 valence electrons. The Balaban J connectivity index is 1.59. The average molecular weight is 378 g/mol. The van der Waals surface area contributed by atoms with E-state index in [0.717, 1.165) is 35.8 Å². The number of aromatic nitrogens is 3. The molecule has 3 heterocycles. The molecular weight excluding hydrogens is 352 g/mol. The molecule has 6 nitrogen and oxygen atoms in total. The van der Waals surface area contributed by atoms with Crippen molar-refractivity contribution in [3.8, 4) is 0 Å². The smallest absolute Gasteiger partial charge is 0.168 e. The zero-order chi connectivity index (χ0) is 19.7. The molecule has 0 N–H and O–H groups in total. The van der Waals surface area contributed by atoms with Gasteiger partial charge in [0.05, 0.1) is 31.5 Å². The lowest BCUT2D eigenvalue weighted by Crippen LogP contribution is -2.37. The fourth-order valence-corrected chi connectivity index (χ4v) is 3.48. The molecule has 1 aliphatic rings. The van der Waals surface area contributed by atoms with Crippen molar-refractivity contribution in [2.24, 2.45) is 0 Å². The standard InChI is InChI=1S/C22H26N4O2/c1-22(2,3)17-6-4-16(5-7-17)19(27)14-18-15-21(25-10-12-28-13-11-25)26-20(24-18)8-9-23-26/h4-9,15H,10-14H2,1-3H3. The van der Waals surface area contributed by atoms with Gasteiger partial charge in [-0.15, -0.1) is 0 Å². The lowest BCUT2D eigenvalue weighted by Gasteiger charge is -2.29. The number of carbonyl (C=O) groups is 1. The molecule has 1 fully saturated rings. The summed E-state index contributed by atoms with van der Waals surface area (Å²) >= 11 is 0. The predicted molar refractivity (Wildman–Crippen MR) is 109 cm³/mol. The molecule has 0 aliphatic carbocycles. The zero-order valence-electron chi connectivity index (χ0n) is 16.7. The quantitative estimate of drug-likeness (QED) is 0.652. The van der Waals surface area contributed by atoms with Crippen molar-refractivity contribution < 1.29 is 9.53 Å². The van der Waals surface area contributed by atoms with Crippen LogP contribution in [0, 0.1) is 0 Å². The molecule has 1 aromatic carbocycles. The van der Waals surface area contributed by atoms with Crippen LogP contribution in [0.25, 0.3) is 5.65 Å². The van der Waals surface area contributed by atoms with Crippen LogP contribution in [0.15, 0.2) is 42.6 Å². The van der Waals surface area contributed by atoms with Crippen LogP contribution in [0.1, 0.15) is 42.4 Å². The summed E-state index contributed by atoms with van der Waals surface area (Å²) < 4.78 is 7.29. The van der Waals surface area contributed by atoms with Crippen molar-refractivity contribution in [1.29, 1.82) is 0 Å². The highest BCUT2D eigenvalue weighted by Crippen LogP contribution is 2.23. The van der Waals surface area contributed by atoms with E-state index in [2.05, 4.69) is 35.8 Å². The maximum Gasteiger partial charge on any atom is 0.168 e. The minimum atomic E-state index is 0.0727. The maximum absolute atomic E-state index is 12.8. The van der Waals surface area contributed by atoms with Crippen molar-refractivity contribution in [2.75, 3.05) is 31.2 Å². The fraction of sp³-hybridized carbons (Fsp3) is 0.409. The van der Waals surface area contributed by atoms with E-state index in [4.69, 9.17) is 4.74 Å². The Kier molecular flexibility index (Phi) is 4.89. The first kappa shape index (κ1) is 18.6. The van der Waals surface area contributed by atoms with Crippen LogP contribution >= 0.6 is 0 Å². The topological polar surface area (TPSA) is 59.7 Å². The largest absolute Gasteiger partial charge is 0.378 e. The highest BCUT2D eigenvalue weighted by molar-refractivity contribution is 5.97. The first-order chi connectivity index (χ1) is 13.4. The third kappa shape index (κ3) is 3.78. The molecule has 1 saturated heterocycles. The molecule has 0 amide bonds. The number of carbonyl (C=O) groups excluding carboxylic acids is 1. The molecule has 6 heteroatoms. The van der Waals surface area contributed by atoms with E-state index in [1.807, 2.05) is 40.9 Å². The lowest BCUT2D eigenvalue weighted by molar-refractivity contribution is 0.0992. The van der Waals surface area contributed by atoms with Gasteiger partial charge >= 0.3 is 0 Å². The van der Waals surface area contributed by atoms with Gasteiger partial charge in [-0.2, -0.15) is 9.61 Å². The van der Waals surface area contributed by atoms with Gasteiger partial charge in [0, 0.05) is 30.8 Å². The fourth-order valence-electron chi connectivity index (χ4n) is 3.48. The highest BCUT2D eigenvalue weighted by Gasteiger charge is 2.19. The second kappa shape index (κ2) is 7.36. The Morgan fingerprint density at radius 3 is 2.50 bits per heavy atom. The van der Waals surface area contributed by atoms with E-state index in [1.165, 1.54) is 5.56 Å². The van der Waals surface area contributed by atoms with Gasteiger partial charge in [0.2, 0.25) is 0 Å². The number of rotatable bonds is 4. The number of nitrogens with zero attached hydrogens (tertiary/aromatic N) is 4. The Hall–Kier alpha value is -2.73. The van der Waals surface area contributed by atoms with Crippen LogP contribution in [0.4, 0.5) is 5.82 Å². The molecular formula is C22H26N4O2. The average Bonchev–Trinajstić information content (AvgIpc) is 3.16. The van der Waals surface area contributed by atoms with Crippen molar-refractivity contribution in [1.82, 2.24) is 14.6 Å². The molecule has 0 saturated carbocycles. The van der Waals surface area contributed by atoms with E-state index in [-0.39, 0.29) is 17.6 Å². The molecule has 0 unspecified atom stereocenters. The first-order valence-corrected chi connectivity index (χ1v) is 9.72. The summed E-state index contributed by atoms with van der Waals surface area (Å²) in [4.78, 5) is 19.7. The van der Waals surface area contributed by atoms with Crippen molar-refractivity contribution in [3.63, 3.8) is 0 Å². The second-order valence-corrected chi connectivity index (χ2v) is 8.23. The van der Waals surface area contributed by atoms with Gasteiger partial charge in [0.25, 0.3) is 0 Å². The Morgan fingerprint density at radius 1 is 1.11 bits per heavy atom. The molecule has 3 aromatic rings. The third-order valence-electron chi connectivity index (χ3n) is 5.14. The number of hydrogen-bond acceptors (Lipinski definition) is 5. The highest BCUT2D eigenvalue weighted by atomic mass is 16.5. The summed E-state index contributed by atoms with van der Waals surface area (Å²) in [6, 6.07) is 11.8. The normalized spacial score (nSPS) is 15.2. The number of morpholine rings is 1. The molecule has 4 rings (SSSR count). The summed E-state index contributed by atoms with van der Waals surface area (Å²) in [5.74, 6) is 1.04. The van der Waals surface area contributed by atoms with Gasteiger partial charge < -0.3 is 9.64 Å². The summed E-state index contributed by atoms with van der Waals surface area (Å²) in [5, 5.41) is 4.39. The lowest BCUT2D eigenvalue weighted by atomic mass is 9.86. The number of ketones is 1. The molecule has 2 aromatic heterocycles. The monoisotopic (exact) mass is 378 g/mol. The molecule has 0 bridgehead atoms. The van der Waals surface area contributed by atoms with Gasteiger partial charge in [-0.05, 0) is 11.0 Å². The summed E-state index contributed by atoms with van der Waals surface area (Å²) in [6.45, 7) is 9.51. The van der Waals surface area contributed by atoms with Crippen LogP contribution in [0.5, 0.6) is 0 Å². The first-order valence-electron chi connectivity index (χ1n) is 9.72.